The van der Waals surface area contributed by atoms with E-state index in [-0.39, 0.29) is 24.0 Å². The molecule has 0 radical (unpaired) electrons. The Hall–Kier alpha value is -2.97. The Kier molecular flexibility index (Phi) is 6.27. The van der Waals surface area contributed by atoms with Crippen molar-refractivity contribution in [3.8, 4) is 5.75 Å². The third-order valence-corrected chi connectivity index (χ3v) is 6.88. The van der Waals surface area contributed by atoms with E-state index in [4.69, 9.17) is 27.9 Å². The molecule has 3 heterocycles. The summed E-state index contributed by atoms with van der Waals surface area (Å²) < 4.78 is 6.11. The number of hydrogen-bond donors (Lipinski definition) is 2. The van der Waals surface area contributed by atoms with Crippen molar-refractivity contribution >= 4 is 29.1 Å². The van der Waals surface area contributed by atoms with Crippen LogP contribution in [0.5, 0.6) is 5.75 Å². The summed E-state index contributed by atoms with van der Waals surface area (Å²) in [6.07, 6.45) is 6.20. The Labute approximate surface area is 207 Å². The molecule has 34 heavy (non-hydrogen) atoms. The van der Waals surface area contributed by atoms with Gasteiger partial charge in [-0.3, -0.25) is 9.80 Å². The number of rotatable bonds is 1. The zero-order valence-electron chi connectivity index (χ0n) is 18.1. The van der Waals surface area contributed by atoms with Crippen LogP contribution in [0.2, 0.25) is 10.0 Å². The molecular weight excluding hydrogens is 477 g/mol. The van der Waals surface area contributed by atoms with Gasteiger partial charge in [0.1, 0.15) is 23.5 Å². The summed E-state index contributed by atoms with van der Waals surface area (Å²) in [7, 11) is 0. The summed E-state index contributed by atoms with van der Waals surface area (Å²) in [5.74, 6) is -0.283. The van der Waals surface area contributed by atoms with Gasteiger partial charge in [-0.15, -0.1) is 0 Å². The number of carbonyl (C=O) groups excluding carboxylic acids is 1. The van der Waals surface area contributed by atoms with E-state index in [1.54, 1.807) is 22.2 Å². The van der Waals surface area contributed by atoms with Crippen LogP contribution >= 0.6 is 23.2 Å². The van der Waals surface area contributed by atoms with E-state index in [2.05, 4.69) is 0 Å². The van der Waals surface area contributed by atoms with E-state index in [9.17, 15) is 15.0 Å². The lowest BCUT2D eigenvalue weighted by Crippen LogP contribution is -2.58. The van der Waals surface area contributed by atoms with Gasteiger partial charge < -0.3 is 19.8 Å². The third-order valence-electron chi connectivity index (χ3n) is 6.09. The Morgan fingerprint density at radius 1 is 1.06 bits per heavy atom. The molecule has 0 spiro atoms. The van der Waals surface area contributed by atoms with E-state index in [1.165, 1.54) is 6.08 Å². The van der Waals surface area contributed by atoms with E-state index < -0.39 is 12.1 Å². The van der Waals surface area contributed by atoms with Gasteiger partial charge in [-0.05, 0) is 24.1 Å². The minimum Gasteiger partial charge on any atom is -0.507 e. The maximum Gasteiger partial charge on any atom is 0.276 e. The molecule has 2 bridgehead atoms. The Morgan fingerprint density at radius 3 is 2.65 bits per heavy atom. The lowest BCUT2D eigenvalue weighted by molar-refractivity contribution is -0.149. The van der Waals surface area contributed by atoms with Gasteiger partial charge in [0.15, 0.2) is 11.5 Å². The van der Waals surface area contributed by atoms with Crippen LogP contribution in [0.3, 0.4) is 0 Å². The average molecular weight is 500 g/mol. The first-order valence-corrected chi connectivity index (χ1v) is 11.7. The van der Waals surface area contributed by atoms with Crippen molar-refractivity contribution in [3.05, 3.63) is 99.5 Å². The topological polar surface area (TPSA) is 76.5 Å². The highest BCUT2D eigenvalue weighted by Gasteiger charge is 2.43. The van der Waals surface area contributed by atoms with Gasteiger partial charge in [-0.25, -0.2) is 0 Å². The van der Waals surface area contributed by atoms with Gasteiger partial charge in [-0.1, -0.05) is 71.8 Å². The highest BCUT2D eigenvalue weighted by atomic mass is 35.5. The smallest absolute Gasteiger partial charge is 0.276 e. The first kappa shape index (κ1) is 22.8. The molecule has 2 aromatic carbocycles. The molecule has 3 aliphatic rings. The van der Waals surface area contributed by atoms with Crippen LogP contribution in [0.1, 0.15) is 23.6 Å². The van der Waals surface area contributed by atoms with Crippen LogP contribution in [0.25, 0.3) is 0 Å². The number of hydrazine groups is 1. The summed E-state index contributed by atoms with van der Waals surface area (Å²) >= 11 is 13.0. The molecule has 2 unspecified atom stereocenters. The normalized spacial score (nSPS) is 25.6. The fourth-order valence-corrected chi connectivity index (χ4v) is 4.82. The summed E-state index contributed by atoms with van der Waals surface area (Å²) in [5.41, 5.74) is 1.69. The van der Waals surface area contributed by atoms with Crippen molar-refractivity contribution in [2.75, 3.05) is 19.8 Å². The Bertz CT molecular complexity index is 1200. The zero-order chi connectivity index (χ0) is 23.8. The number of nitrogens with zero attached hydrogens (tertiary/aromatic N) is 3. The predicted molar refractivity (Wildman–Crippen MR) is 129 cm³/mol. The molecule has 2 aromatic rings. The molecule has 2 N–H and O–H groups in total. The minimum absolute atomic E-state index is 0.0192. The molecule has 1 amide bonds. The number of halogens is 2. The predicted octanol–water partition coefficient (Wildman–Crippen LogP) is 4.40. The van der Waals surface area contributed by atoms with Gasteiger partial charge in [0, 0.05) is 18.3 Å². The summed E-state index contributed by atoms with van der Waals surface area (Å²) in [4.78, 5) is 15.0. The number of ether oxygens (including phenoxy) is 1. The first-order valence-electron chi connectivity index (χ1n) is 10.9. The quantitative estimate of drug-likeness (QED) is 0.566. The third kappa shape index (κ3) is 3.95. The maximum absolute atomic E-state index is 13.3. The largest absolute Gasteiger partial charge is 0.507 e. The van der Waals surface area contributed by atoms with E-state index in [1.807, 2.05) is 53.6 Å². The van der Waals surface area contributed by atoms with Crippen molar-refractivity contribution < 1.29 is 19.7 Å². The molecule has 3 aliphatic heterocycles. The summed E-state index contributed by atoms with van der Waals surface area (Å²) in [6.45, 7) is 0.972. The highest BCUT2D eigenvalue weighted by molar-refractivity contribution is 6.43. The molecule has 9 heteroatoms. The van der Waals surface area contributed by atoms with Gasteiger partial charge in [0.2, 0.25) is 0 Å². The van der Waals surface area contributed by atoms with Gasteiger partial charge in [-0.2, -0.15) is 5.01 Å². The molecule has 3 atom stereocenters. The lowest BCUT2D eigenvalue weighted by atomic mass is 9.96. The molecule has 1 fully saturated rings. The average Bonchev–Trinajstić information content (AvgIpc) is 2.84. The van der Waals surface area contributed by atoms with Crippen LogP contribution in [-0.4, -0.2) is 57.0 Å². The molecular formula is C25H23Cl2N3O4. The Balaban J connectivity index is 1.75. The lowest BCUT2D eigenvalue weighted by Gasteiger charge is -2.49. The number of fused-ring (bicyclic) bond motifs is 5. The zero-order valence-corrected chi connectivity index (χ0v) is 19.7. The van der Waals surface area contributed by atoms with Crippen LogP contribution in [0.15, 0.2) is 78.3 Å². The fourth-order valence-electron chi connectivity index (χ4n) is 4.45. The molecule has 176 valence electrons. The minimum atomic E-state index is -1.25. The van der Waals surface area contributed by atoms with Crippen molar-refractivity contribution in [2.24, 2.45) is 0 Å². The molecule has 1 saturated heterocycles. The van der Waals surface area contributed by atoms with Gasteiger partial charge >= 0.3 is 0 Å². The first-order chi connectivity index (χ1) is 16.5. The van der Waals surface area contributed by atoms with E-state index in [0.29, 0.717) is 35.4 Å². The second-order valence-corrected chi connectivity index (χ2v) is 8.96. The van der Waals surface area contributed by atoms with E-state index >= 15 is 0 Å². The number of benzene rings is 2. The highest BCUT2D eigenvalue weighted by Crippen LogP contribution is 2.44. The van der Waals surface area contributed by atoms with Crippen molar-refractivity contribution in [1.29, 1.82) is 0 Å². The molecule has 5 rings (SSSR count). The maximum atomic E-state index is 13.3. The SMILES string of the molecule is O=C1C2=C(O)C(O)C=CN2N2CN1CC/C=C/COc1c(ccc(Cl)c1Cl)[C@@H]2c1ccccc1. The Morgan fingerprint density at radius 2 is 1.85 bits per heavy atom. The fraction of sp³-hybridized carbons (Fsp3) is 0.240. The second kappa shape index (κ2) is 9.35. The van der Waals surface area contributed by atoms with Crippen LogP contribution < -0.4 is 4.74 Å². The van der Waals surface area contributed by atoms with Gasteiger partial charge in [0.25, 0.3) is 5.91 Å². The summed E-state index contributed by atoms with van der Waals surface area (Å²) in [6, 6.07) is 12.9. The second-order valence-electron chi connectivity index (χ2n) is 8.18. The monoisotopic (exact) mass is 499 g/mol. The van der Waals surface area contributed by atoms with Crippen LogP contribution in [0.4, 0.5) is 0 Å². The van der Waals surface area contributed by atoms with Crippen LogP contribution in [-0.2, 0) is 4.79 Å². The van der Waals surface area contributed by atoms with Gasteiger partial charge in [0.05, 0.1) is 17.7 Å². The van der Waals surface area contributed by atoms with Crippen LogP contribution in [0, 0.1) is 0 Å². The van der Waals surface area contributed by atoms with Crippen molar-refractivity contribution in [3.63, 3.8) is 0 Å². The summed E-state index contributed by atoms with van der Waals surface area (Å²) in [5, 5.41) is 25.2. The number of aliphatic hydroxyl groups excluding tert-OH is 2. The number of carbonyl (C=O) groups is 1. The number of hydrogen-bond acceptors (Lipinski definition) is 6. The van der Waals surface area contributed by atoms with E-state index in [0.717, 1.165) is 11.1 Å². The molecule has 0 saturated carbocycles. The number of aliphatic hydroxyl groups is 2. The molecule has 7 nitrogen and oxygen atoms in total. The standard InChI is InChI=1S/C25H23Cl2N3O4/c26-18-10-9-17-21(16-7-3-1-4-8-16)30-15-28(12-5-2-6-14-34-24(17)20(18)27)25(33)22-23(32)19(31)11-13-29(22)30/h1-4,6-11,13,19,21,31-32H,5,12,14-15H2/b6-2+/t19?,21-/m0/s1. The number of amides is 1. The molecule has 0 aromatic heterocycles. The van der Waals surface area contributed by atoms with Crippen molar-refractivity contribution in [1.82, 2.24) is 14.9 Å². The van der Waals surface area contributed by atoms with Crippen molar-refractivity contribution in [2.45, 2.75) is 18.6 Å². The molecule has 0 aliphatic carbocycles.